The van der Waals surface area contributed by atoms with Crippen molar-refractivity contribution in [2.45, 2.75) is 31.7 Å². The van der Waals surface area contributed by atoms with Crippen LogP contribution in [0.25, 0.3) is 0 Å². The summed E-state index contributed by atoms with van der Waals surface area (Å²) in [7, 11) is 0. The first kappa shape index (κ1) is 14.7. The first-order valence-corrected chi connectivity index (χ1v) is 8.51. The third-order valence-corrected chi connectivity index (χ3v) is 5.53. The van der Waals surface area contributed by atoms with Gasteiger partial charge in [0.1, 0.15) is 5.01 Å². The molecule has 0 amide bonds. The van der Waals surface area contributed by atoms with Crippen LogP contribution in [0.2, 0.25) is 0 Å². The zero-order valence-electron chi connectivity index (χ0n) is 12.6. The summed E-state index contributed by atoms with van der Waals surface area (Å²) in [4.78, 5) is 7.13. The lowest BCUT2D eigenvalue weighted by Gasteiger charge is -2.38. The van der Waals surface area contributed by atoms with Crippen molar-refractivity contribution >= 4 is 11.3 Å². The third kappa shape index (κ3) is 3.51. The molecular formula is C17H23N3S. The zero-order valence-corrected chi connectivity index (χ0v) is 13.4. The summed E-state index contributed by atoms with van der Waals surface area (Å²) in [5.41, 5.74) is 8.88. The standard InChI is InChI=1S/C17H23N3S/c1-14-13-21-16(19-14)17(18)8-11-20(12-9-17)10-7-15-5-3-2-4-6-15/h2-6,13H,7-12,18H2,1H3. The Morgan fingerprint density at radius 1 is 1.24 bits per heavy atom. The summed E-state index contributed by atoms with van der Waals surface area (Å²) in [6, 6.07) is 10.7. The molecule has 1 aromatic heterocycles. The topological polar surface area (TPSA) is 42.1 Å². The van der Waals surface area contributed by atoms with Crippen molar-refractivity contribution in [1.29, 1.82) is 0 Å². The molecule has 112 valence electrons. The van der Waals surface area contributed by atoms with Crippen LogP contribution in [0.1, 0.15) is 29.1 Å². The summed E-state index contributed by atoms with van der Waals surface area (Å²) in [5, 5.41) is 3.22. The predicted molar refractivity (Wildman–Crippen MR) is 88.5 cm³/mol. The molecule has 3 nitrogen and oxygen atoms in total. The number of hydrogen-bond acceptors (Lipinski definition) is 4. The van der Waals surface area contributed by atoms with Crippen LogP contribution in [0.4, 0.5) is 0 Å². The molecule has 2 heterocycles. The number of nitrogens with zero attached hydrogens (tertiary/aromatic N) is 2. The zero-order chi connectivity index (χ0) is 14.7. The van der Waals surface area contributed by atoms with Crippen molar-refractivity contribution in [2.75, 3.05) is 19.6 Å². The van der Waals surface area contributed by atoms with Crippen LogP contribution < -0.4 is 5.73 Å². The van der Waals surface area contributed by atoms with Gasteiger partial charge in [-0.15, -0.1) is 11.3 Å². The fraction of sp³-hybridized carbons (Fsp3) is 0.471. The number of piperidine rings is 1. The molecule has 1 saturated heterocycles. The molecule has 1 fully saturated rings. The van der Waals surface area contributed by atoms with E-state index in [1.54, 1.807) is 11.3 Å². The largest absolute Gasteiger partial charge is 0.319 e. The minimum Gasteiger partial charge on any atom is -0.319 e. The van der Waals surface area contributed by atoms with Gasteiger partial charge in [0.25, 0.3) is 0 Å². The number of likely N-dealkylation sites (tertiary alicyclic amines) is 1. The third-order valence-electron chi connectivity index (χ3n) is 4.35. The van der Waals surface area contributed by atoms with Gasteiger partial charge >= 0.3 is 0 Å². The number of hydrogen-bond donors (Lipinski definition) is 1. The summed E-state index contributed by atoms with van der Waals surface area (Å²) < 4.78 is 0. The maximum Gasteiger partial charge on any atom is 0.113 e. The second-order valence-electron chi connectivity index (χ2n) is 6.03. The van der Waals surface area contributed by atoms with E-state index >= 15 is 0 Å². The number of aromatic nitrogens is 1. The lowest BCUT2D eigenvalue weighted by Crippen LogP contribution is -2.48. The van der Waals surface area contributed by atoms with Crippen LogP contribution in [0.15, 0.2) is 35.7 Å². The number of thiazole rings is 1. The average Bonchev–Trinajstić information content (AvgIpc) is 2.95. The highest BCUT2D eigenvalue weighted by Crippen LogP contribution is 2.32. The van der Waals surface area contributed by atoms with E-state index in [1.165, 1.54) is 5.56 Å². The Kier molecular flexibility index (Phi) is 4.38. The van der Waals surface area contributed by atoms with Gasteiger partial charge in [-0.05, 0) is 31.7 Å². The molecule has 0 spiro atoms. The number of rotatable bonds is 4. The molecule has 0 unspecified atom stereocenters. The number of benzene rings is 1. The SMILES string of the molecule is Cc1csc(C2(N)CCN(CCc3ccccc3)CC2)n1. The van der Waals surface area contributed by atoms with Gasteiger partial charge < -0.3 is 10.6 Å². The molecule has 1 aliphatic heterocycles. The van der Waals surface area contributed by atoms with Crippen molar-refractivity contribution in [1.82, 2.24) is 9.88 Å². The molecule has 0 aliphatic carbocycles. The second-order valence-corrected chi connectivity index (χ2v) is 6.89. The Morgan fingerprint density at radius 3 is 2.57 bits per heavy atom. The normalized spacial score (nSPS) is 18.8. The van der Waals surface area contributed by atoms with E-state index in [-0.39, 0.29) is 5.54 Å². The van der Waals surface area contributed by atoms with Gasteiger partial charge in [-0.2, -0.15) is 0 Å². The Morgan fingerprint density at radius 2 is 1.95 bits per heavy atom. The smallest absolute Gasteiger partial charge is 0.113 e. The maximum atomic E-state index is 6.58. The van der Waals surface area contributed by atoms with Gasteiger partial charge in [-0.25, -0.2) is 4.98 Å². The molecular weight excluding hydrogens is 278 g/mol. The Hall–Kier alpha value is -1.23. The number of aryl methyl sites for hydroxylation is 1. The van der Waals surface area contributed by atoms with E-state index in [1.807, 2.05) is 6.92 Å². The Bertz CT molecular complexity index is 571. The van der Waals surface area contributed by atoms with Gasteiger partial charge in [0.05, 0.1) is 5.54 Å². The quantitative estimate of drug-likeness (QED) is 0.944. The second kappa shape index (κ2) is 6.26. The van der Waals surface area contributed by atoms with Gasteiger partial charge in [-0.1, -0.05) is 30.3 Å². The Balaban J connectivity index is 1.53. The van der Waals surface area contributed by atoms with Gasteiger partial charge in [-0.3, -0.25) is 0 Å². The molecule has 2 N–H and O–H groups in total. The van der Waals surface area contributed by atoms with Crippen molar-refractivity contribution in [3.8, 4) is 0 Å². The molecule has 2 aromatic rings. The van der Waals surface area contributed by atoms with Gasteiger partial charge in [0.2, 0.25) is 0 Å². The minimum absolute atomic E-state index is 0.206. The van der Waals surface area contributed by atoms with Crippen molar-refractivity contribution in [2.24, 2.45) is 5.73 Å². The average molecular weight is 301 g/mol. The van der Waals surface area contributed by atoms with E-state index in [2.05, 4.69) is 45.6 Å². The van der Waals surface area contributed by atoms with E-state index < -0.39 is 0 Å². The van der Waals surface area contributed by atoms with Crippen LogP contribution in [0.3, 0.4) is 0 Å². The Labute approximate surface area is 130 Å². The summed E-state index contributed by atoms with van der Waals surface area (Å²) >= 11 is 1.71. The predicted octanol–water partition coefficient (Wildman–Crippen LogP) is 2.94. The molecule has 1 aliphatic rings. The number of nitrogens with two attached hydrogens (primary N) is 1. The van der Waals surface area contributed by atoms with Gasteiger partial charge in [0, 0.05) is 30.7 Å². The highest BCUT2D eigenvalue weighted by atomic mass is 32.1. The minimum atomic E-state index is -0.206. The van der Waals surface area contributed by atoms with E-state index in [0.29, 0.717) is 0 Å². The van der Waals surface area contributed by atoms with Crippen molar-refractivity contribution in [3.05, 3.63) is 52.0 Å². The molecule has 21 heavy (non-hydrogen) atoms. The van der Waals surface area contributed by atoms with Crippen molar-refractivity contribution < 1.29 is 0 Å². The molecule has 1 aromatic carbocycles. The van der Waals surface area contributed by atoms with E-state index in [4.69, 9.17) is 5.73 Å². The highest BCUT2D eigenvalue weighted by Gasteiger charge is 2.34. The fourth-order valence-electron chi connectivity index (χ4n) is 2.90. The summed E-state index contributed by atoms with van der Waals surface area (Å²) in [5.74, 6) is 0. The molecule has 0 bridgehead atoms. The summed E-state index contributed by atoms with van der Waals surface area (Å²) in [6.45, 7) is 5.30. The maximum absolute atomic E-state index is 6.58. The van der Waals surface area contributed by atoms with Gasteiger partial charge in [0.15, 0.2) is 0 Å². The highest BCUT2D eigenvalue weighted by molar-refractivity contribution is 7.09. The van der Waals surface area contributed by atoms with E-state index in [0.717, 1.165) is 49.6 Å². The molecule has 0 atom stereocenters. The molecule has 3 rings (SSSR count). The molecule has 4 heteroatoms. The molecule has 0 radical (unpaired) electrons. The van der Waals surface area contributed by atoms with E-state index in [9.17, 15) is 0 Å². The van der Waals surface area contributed by atoms with Crippen LogP contribution in [0, 0.1) is 6.92 Å². The first-order valence-electron chi connectivity index (χ1n) is 7.63. The van der Waals surface area contributed by atoms with Crippen LogP contribution in [0.5, 0.6) is 0 Å². The monoisotopic (exact) mass is 301 g/mol. The summed E-state index contributed by atoms with van der Waals surface area (Å²) in [6.07, 6.45) is 3.14. The lowest BCUT2D eigenvalue weighted by atomic mass is 9.89. The van der Waals surface area contributed by atoms with Crippen LogP contribution in [-0.2, 0) is 12.0 Å². The van der Waals surface area contributed by atoms with Crippen LogP contribution >= 0.6 is 11.3 Å². The van der Waals surface area contributed by atoms with Crippen LogP contribution in [-0.4, -0.2) is 29.5 Å². The van der Waals surface area contributed by atoms with Crippen molar-refractivity contribution in [3.63, 3.8) is 0 Å². The lowest BCUT2D eigenvalue weighted by molar-refractivity contribution is 0.163. The fourth-order valence-corrected chi connectivity index (χ4v) is 3.87. The first-order chi connectivity index (χ1) is 10.2. The molecule has 0 saturated carbocycles.